The van der Waals surface area contributed by atoms with Crippen molar-refractivity contribution in [3.05, 3.63) is 18.2 Å². The highest BCUT2D eigenvalue weighted by molar-refractivity contribution is 7.89. The number of hydrogen-bond donors (Lipinski definition) is 2. The molecule has 0 heterocycles. The van der Waals surface area contributed by atoms with Gasteiger partial charge < -0.3 is 10.2 Å². The average molecular weight is 351 g/mol. The van der Waals surface area contributed by atoms with Crippen molar-refractivity contribution in [2.45, 2.75) is 37.0 Å². The van der Waals surface area contributed by atoms with Crippen molar-refractivity contribution < 1.29 is 13.2 Å². The van der Waals surface area contributed by atoms with Gasteiger partial charge in [-0.25, -0.2) is 13.6 Å². The van der Waals surface area contributed by atoms with E-state index in [1.807, 2.05) is 19.0 Å². The molecule has 2 bridgehead atoms. The van der Waals surface area contributed by atoms with Crippen LogP contribution in [0.5, 0.6) is 0 Å². The molecule has 1 aromatic rings. The van der Waals surface area contributed by atoms with Gasteiger partial charge in [-0.1, -0.05) is 6.42 Å². The van der Waals surface area contributed by atoms with Gasteiger partial charge in [0.05, 0.1) is 16.3 Å². The van der Waals surface area contributed by atoms with Crippen LogP contribution >= 0.6 is 0 Å². The van der Waals surface area contributed by atoms with E-state index in [4.69, 9.17) is 5.14 Å². The molecule has 6 nitrogen and oxygen atoms in total. The molecule has 0 spiro atoms. The molecule has 3 N–H and O–H groups in total. The van der Waals surface area contributed by atoms with Crippen LogP contribution in [-0.4, -0.2) is 28.4 Å². The Morgan fingerprint density at radius 2 is 2.04 bits per heavy atom. The van der Waals surface area contributed by atoms with Crippen molar-refractivity contribution in [1.82, 2.24) is 0 Å². The molecule has 0 aromatic heterocycles. The number of fused-ring (bicyclic) bond motifs is 2. The van der Waals surface area contributed by atoms with Gasteiger partial charge in [0.25, 0.3) is 0 Å². The highest BCUT2D eigenvalue weighted by Gasteiger charge is 2.40. The Kier molecular flexibility index (Phi) is 4.57. The van der Waals surface area contributed by atoms with E-state index in [1.54, 1.807) is 6.07 Å². The fourth-order valence-corrected chi connectivity index (χ4v) is 4.79. The van der Waals surface area contributed by atoms with E-state index >= 15 is 0 Å². The lowest BCUT2D eigenvalue weighted by molar-refractivity contribution is -0.117. The number of anilines is 2. The summed E-state index contributed by atoms with van der Waals surface area (Å²) in [5.74, 6) is 1.90. The van der Waals surface area contributed by atoms with Gasteiger partial charge in [-0.3, -0.25) is 4.79 Å². The fourth-order valence-electron chi connectivity index (χ4n) is 4.25. The summed E-state index contributed by atoms with van der Waals surface area (Å²) in [5.41, 5.74) is 1.24. The maximum Gasteiger partial charge on any atom is 0.238 e. The highest BCUT2D eigenvalue weighted by Crippen LogP contribution is 2.49. The van der Waals surface area contributed by atoms with Gasteiger partial charge in [0.15, 0.2) is 0 Å². The summed E-state index contributed by atoms with van der Waals surface area (Å²) in [6.45, 7) is 0. The predicted octanol–water partition coefficient (Wildman–Crippen LogP) is 2.16. The Morgan fingerprint density at radius 1 is 1.29 bits per heavy atom. The molecule has 1 aromatic carbocycles. The number of hydrogen-bond acceptors (Lipinski definition) is 4. The topological polar surface area (TPSA) is 92.5 Å². The van der Waals surface area contributed by atoms with E-state index in [1.165, 1.54) is 31.4 Å². The molecule has 24 heavy (non-hydrogen) atoms. The average Bonchev–Trinajstić information content (AvgIpc) is 3.08. The lowest BCUT2D eigenvalue weighted by Crippen LogP contribution is -2.22. The van der Waals surface area contributed by atoms with Gasteiger partial charge in [0.1, 0.15) is 0 Å². The molecule has 1 amide bonds. The van der Waals surface area contributed by atoms with Crippen molar-refractivity contribution in [3.63, 3.8) is 0 Å². The first kappa shape index (κ1) is 17.2. The Hall–Kier alpha value is -1.60. The summed E-state index contributed by atoms with van der Waals surface area (Å²) >= 11 is 0. The molecular formula is C17H25N3O3S. The summed E-state index contributed by atoms with van der Waals surface area (Å²) in [7, 11) is -0.113. The molecule has 0 saturated heterocycles. The molecular weight excluding hydrogens is 326 g/mol. The van der Waals surface area contributed by atoms with Crippen LogP contribution in [0.1, 0.15) is 32.1 Å². The number of nitrogens with zero attached hydrogens (tertiary/aromatic N) is 1. The van der Waals surface area contributed by atoms with E-state index < -0.39 is 10.0 Å². The van der Waals surface area contributed by atoms with Crippen LogP contribution in [-0.2, 0) is 14.8 Å². The van der Waals surface area contributed by atoms with Gasteiger partial charge in [0.2, 0.25) is 15.9 Å². The number of sulfonamides is 1. The molecule has 132 valence electrons. The van der Waals surface area contributed by atoms with E-state index in [0.717, 1.165) is 18.0 Å². The third-order valence-corrected chi connectivity index (χ3v) is 6.30. The second kappa shape index (κ2) is 6.37. The van der Waals surface area contributed by atoms with E-state index in [2.05, 4.69) is 5.32 Å². The summed E-state index contributed by atoms with van der Waals surface area (Å²) in [4.78, 5) is 14.3. The first-order valence-corrected chi connectivity index (χ1v) is 9.92. The highest BCUT2D eigenvalue weighted by atomic mass is 32.2. The van der Waals surface area contributed by atoms with Crippen molar-refractivity contribution in [1.29, 1.82) is 0 Å². The maximum atomic E-state index is 12.5. The fraction of sp³-hybridized carbons (Fsp3) is 0.588. The zero-order valence-electron chi connectivity index (χ0n) is 14.2. The van der Waals surface area contributed by atoms with Crippen LogP contribution in [0.15, 0.2) is 23.1 Å². The molecule has 2 fully saturated rings. The van der Waals surface area contributed by atoms with Gasteiger partial charge in [-0.05, 0) is 55.2 Å². The number of carbonyl (C=O) groups is 1. The number of amides is 1. The second-order valence-corrected chi connectivity index (χ2v) is 8.87. The monoisotopic (exact) mass is 351 g/mol. The van der Waals surface area contributed by atoms with Crippen molar-refractivity contribution in [3.8, 4) is 0 Å². The first-order valence-electron chi connectivity index (χ1n) is 8.38. The van der Waals surface area contributed by atoms with Crippen LogP contribution in [0.25, 0.3) is 0 Å². The molecule has 0 aliphatic heterocycles. The van der Waals surface area contributed by atoms with Crippen LogP contribution in [0, 0.1) is 17.8 Å². The molecule has 2 saturated carbocycles. The van der Waals surface area contributed by atoms with Gasteiger partial charge in [-0.2, -0.15) is 0 Å². The van der Waals surface area contributed by atoms with Crippen LogP contribution in [0.3, 0.4) is 0 Å². The van der Waals surface area contributed by atoms with E-state index in [9.17, 15) is 13.2 Å². The van der Waals surface area contributed by atoms with Crippen LogP contribution in [0.4, 0.5) is 11.4 Å². The maximum absolute atomic E-state index is 12.5. The van der Waals surface area contributed by atoms with Crippen molar-refractivity contribution in [2.24, 2.45) is 22.9 Å². The Bertz CT molecular complexity index is 745. The lowest BCUT2D eigenvalue weighted by atomic mass is 9.86. The van der Waals surface area contributed by atoms with Gasteiger partial charge >= 0.3 is 0 Å². The molecule has 2 aliphatic rings. The van der Waals surface area contributed by atoms with Gasteiger partial charge in [0, 0.05) is 20.5 Å². The molecule has 7 heteroatoms. The summed E-state index contributed by atoms with van der Waals surface area (Å²) in [6.07, 6.45) is 5.47. The second-order valence-electron chi connectivity index (χ2n) is 7.31. The van der Waals surface area contributed by atoms with Crippen LogP contribution in [0.2, 0.25) is 0 Å². The molecule has 0 radical (unpaired) electrons. The number of carbonyl (C=O) groups excluding carboxylic acids is 1. The minimum atomic E-state index is -3.80. The number of nitrogens with one attached hydrogen (secondary N) is 1. The predicted molar refractivity (Wildman–Crippen MR) is 94.3 cm³/mol. The Balaban J connectivity index is 1.76. The Morgan fingerprint density at radius 3 is 2.58 bits per heavy atom. The number of primary sulfonamides is 1. The van der Waals surface area contributed by atoms with Crippen molar-refractivity contribution in [2.75, 3.05) is 24.3 Å². The lowest BCUT2D eigenvalue weighted by Gasteiger charge is -2.22. The Labute approximate surface area is 143 Å². The number of rotatable bonds is 5. The van der Waals surface area contributed by atoms with E-state index in [-0.39, 0.29) is 10.8 Å². The SMILES string of the molecule is CN(C)c1ccc(S(N)(=O)=O)cc1NC(=O)C[C@@H]1C[C@H]2CC[C@@H]1C2. The third-order valence-electron chi connectivity index (χ3n) is 5.38. The van der Waals surface area contributed by atoms with Gasteiger partial charge in [-0.15, -0.1) is 0 Å². The molecule has 3 rings (SSSR count). The molecule has 3 atom stereocenters. The normalized spacial score (nSPS) is 25.7. The smallest absolute Gasteiger partial charge is 0.238 e. The largest absolute Gasteiger partial charge is 0.376 e. The first-order chi connectivity index (χ1) is 11.2. The van der Waals surface area contributed by atoms with Crippen molar-refractivity contribution >= 4 is 27.3 Å². The zero-order valence-corrected chi connectivity index (χ0v) is 15.0. The summed E-state index contributed by atoms with van der Waals surface area (Å²) in [6, 6.07) is 4.55. The molecule has 2 aliphatic carbocycles. The van der Waals surface area contributed by atoms with E-state index in [0.29, 0.717) is 23.9 Å². The zero-order chi connectivity index (χ0) is 17.5. The quantitative estimate of drug-likeness (QED) is 0.850. The summed E-state index contributed by atoms with van der Waals surface area (Å²) < 4.78 is 23.1. The molecule has 0 unspecified atom stereocenters. The third kappa shape index (κ3) is 3.57. The van der Waals surface area contributed by atoms with Crippen LogP contribution < -0.4 is 15.4 Å². The minimum Gasteiger partial charge on any atom is -0.376 e. The summed E-state index contributed by atoms with van der Waals surface area (Å²) in [5, 5.41) is 8.09. The minimum absolute atomic E-state index is 0.00308. The number of nitrogens with two attached hydrogens (primary N) is 1. The standard InChI is InChI=1S/C17H25N3O3S/c1-20(2)16-6-5-14(24(18,22)23)10-15(16)19-17(21)9-13-8-11-3-4-12(13)7-11/h5-6,10-13H,3-4,7-9H2,1-2H3,(H,19,21)(H2,18,22,23)/t11-,12+,13-/m0/s1. The number of benzene rings is 1.